The van der Waals surface area contributed by atoms with Crippen molar-refractivity contribution in [1.29, 1.82) is 0 Å². The van der Waals surface area contributed by atoms with Crippen molar-refractivity contribution in [3.05, 3.63) is 12.7 Å². The summed E-state index contributed by atoms with van der Waals surface area (Å²) < 4.78 is 53.3. The molecule has 12 nitrogen and oxygen atoms in total. The molecule has 0 fully saturated rings. The molecule has 2 unspecified atom stereocenters. The maximum atomic E-state index is 13.6. The van der Waals surface area contributed by atoms with Crippen molar-refractivity contribution in [2.24, 2.45) is 0 Å². The van der Waals surface area contributed by atoms with Gasteiger partial charge in [-0.3, -0.25) is 23.2 Å². The van der Waals surface area contributed by atoms with Gasteiger partial charge in [0.25, 0.3) is 0 Å². The Hall–Kier alpha value is -1.98. The Labute approximate surface area is 379 Å². The van der Waals surface area contributed by atoms with Crippen molar-refractivity contribution in [1.82, 2.24) is 5.32 Å². The Kier molecular flexibility index (Phi) is 40.4. The monoisotopic (exact) mass is 904 g/mol. The zero-order chi connectivity index (χ0) is 46.0. The fraction of sp³-hybridized carbons (Fsp3) is 0.898. The Morgan fingerprint density at radius 1 is 0.565 bits per heavy atom. The molecule has 62 heavy (non-hydrogen) atoms. The minimum Gasteiger partial charge on any atom is -0.462 e. The number of unbranched alkanes of at least 4 members (excludes halogenated alkanes) is 22. The van der Waals surface area contributed by atoms with Gasteiger partial charge in [0.05, 0.1) is 33.0 Å². The number of phosphoric acid groups is 1. The summed E-state index contributed by atoms with van der Waals surface area (Å²) in [6, 6.07) is 0. The number of hydrogen-bond acceptors (Lipinski definition) is 11. The molecule has 0 spiro atoms. The summed E-state index contributed by atoms with van der Waals surface area (Å²) in [5.74, 6) is -0.552. The van der Waals surface area contributed by atoms with Crippen LogP contribution >= 0.6 is 7.82 Å². The van der Waals surface area contributed by atoms with E-state index in [1.807, 2.05) is 0 Å². The Morgan fingerprint density at radius 2 is 1.02 bits per heavy atom. The summed E-state index contributed by atoms with van der Waals surface area (Å²) in [5.41, 5.74) is -0.676. The predicted molar refractivity (Wildman–Crippen MR) is 251 cm³/mol. The topological polar surface area (TPSA) is 145 Å². The van der Waals surface area contributed by atoms with Gasteiger partial charge in [-0.25, -0.2) is 9.36 Å². The molecule has 0 aromatic heterocycles. The molecule has 0 saturated carbocycles. The molecule has 0 aromatic rings. The van der Waals surface area contributed by atoms with Crippen LogP contribution in [-0.4, -0.2) is 75.4 Å². The fourth-order valence-corrected chi connectivity index (χ4v) is 8.02. The highest BCUT2D eigenvalue weighted by Crippen LogP contribution is 2.49. The van der Waals surface area contributed by atoms with Gasteiger partial charge in [0.15, 0.2) is 0 Å². The van der Waals surface area contributed by atoms with Crippen LogP contribution in [0.3, 0.4) is 0 Å². The molecule has 0 aliphatic carbocycles. The molecule has 0 saturated heterocycles. The maximum Gasteiger partial charge on any atom is 0.475 e. The van der Waals surface area contributed by atoms with Crippen LogP contribution in [0, 0.1) is 0 Å². The largest absolute Gasteiger partial charge is 0.475 e. The van der Waals surface area contributed by atoms with Gasteiger partial charge in [-0.1, -0.05) is 168 Å². The molecule has 1 N–H and O–H groups in total. The van der Waals surface area contributed by atoms with E-state index in [-0.39, 0.29) is 58.1 Å². The molecule has 0 rings (SSSR count). The van der Waals surface area contributed by atoms with Gasteiger partial charge in [0, 0.05) is 25.8 Å². The number of amides is 1. The standard InChI is InChI=1S/C49H94NO11P/c1-8-12-15-18-20-22-23-25-27-30-33-36-47(52)60-45(43-58-62(54,56-39-11-4)57-41-38-50-48(53)61-49(5,6)7)42-55-40-37-44(34-31-28-17-14-10-3)59-46(51)35-32-29-26-24-21-19-16-13-9-2/h11,44-45H,4,8-10,12-43H2,1-3,5-7H3,(H,50,53)/t44-,45?,62?/m0/s1. The van der Waals surface area contributed by atoms with Gasteiger partial charge in [0.1, 0.15) is 17.8 Å². The van der Waals surface area contributed by atoms with Crippen LogP contribution < -0.4 is 5.32 Å². The molecule has 3 atom stereocenters. The van der Waals surface area contributed by atoms with Gasteiger partial charge < -0.3 is 24.3 Å². The third-order valence-electron chi connectivity index (χ3n) is 10.4. The van der Waals surface area contributed by atoms with E-state index in [0.717, 1.165) is 70.6 Å². The van der Waals surface area contributed by atoms with Gasteiger partial charge in [-0.15, -0.1) is 6.58 Å². The molecule has 366 valence electrons. The summed E-state index contributed by atoms with van der Waals surface area (Å²) >= 11 is 0. The first-order valence-electron chi connectivity index (χ1n) is 25.0. The second-order valence-corrected chi connectivity index (χ2v) is 19.4. The van der Waals surface area contributed by atoms with Crippen molar-refractivity contribution in [2.75, 3.05) is 39.6 Å². The minimum absolute atomic E-state index is 0.0102. The zero-order valence-corrected chi connectivity index (χ0v) is 41.5. The summed E-state index contributed by atoms with van der Waals surface area (Å²) in [6.07, 6.45) is 30.7. The van der Waals surface area contributed by atoms with E-state index in [0.29, 0.717) is 19.3 Å². The Bertz CT molecular complexity index is 1130. The SMILES string of the molecule is C=CCOP(=O)(OCCNC(=O)OC(C)(C)C)OCC(COCC[C@H](CCCCCCC)OC(=O)CCCCCCCCCCC)OC(=O)CCCCCCCCCCCCC. The molecule has 13 heteroatoms. The lowest BCUT2D eigenvalue weighted by Crippen LogP contribution is -2.34. The highest BCUT2D eigenvalue weighted by atomic mass is 31.2. The number of esters is 2. The van der Waals surface area contributed by atoms with E-state index in [4.69, 9.17) is 32.5 Å². The molecule has 0 aliphatic heterocycles. The third kappa shape index (κ3) is 40.8. The van der Waals surface area contributed by atoms with Crippen LogP contribution in [0.2, 0.25) is 0 Å². The van der Waals surface area contributed by atoms with Crippen LogP contribution in [-0.2, 0) is 46.7 Å². The van der Waals surface area contributed by atoms with Gasteiger partial charge in [0.2, 0.25) is 0 Å². The fourth-order valence-electron chi connectivity index (χ4n) is 6.84. The Morgan fingerprint density at radius 3 is 1.48 bits per heavy atom. The van der Waals surface area contributed by atoms with Crippen molar-refractivity contribution in [2.45, 2.75) is 246 Å². The highest BCUT2D eigenvalue weighted by molar-refractivity contribution is 7.48. The number of hydrogen-bond donors (Lipinski definition) is 1. The molecule has 0 radical (unpaired) electrons. The van der Waals surface area contributed by atoms with Crippen molar-refractivity contribution in [3.63, 3.8) is 0 Å². The molecule has 0 aromatic carbocycles. The van der Waals surface area contributed by atoms with Crippen LogP contribution in [0.5, 0.6) is 0 Å². The molecular formula is C49H94NO11P. The lowest BCUT2D eigenvalue weighted by atomic mass is 10.1. The molecular weight excluding hydrogens is 810 g/mol. The second-order valence-electron chi connectivity index (χ2n) is 17.7. The van der Waals surface area contributed by atoms with Crippen molar-refractivity contribution >= 4 is 25.9 Å². The van der Waals surface area contributed by atoms with Gasteiger partial charge in [-0.2, -0.15) is 0 Å². The van der Waals surface area contributed by atoms with Crippen LogP contribution in [0.15, 0.2) is 12.7 Å². The molecule has 1 amide bonds. The summed E-state index contributed by atoms with van der Waals surface area (Å²) in [6.45, 7) is 15.1. The number of phosphoric ester groups is 1. The maximum absolute atomic E-state index is 13.6. The van der Waals surface area contributed by atoms with Crippen LogP contribution in [0.25, 0.3) is 0 Å². The third-order valence-corrected chi connectivity index (χ3v) is 11.8. The summed E-state index contributed by atoms with van der Waals surface area (Å²) in [5, 5.41) is 2.55. The Balaban J connectivity index is 5.32. The lowest BCUT2D eigenvalue weighted by Gasteiger charge is -2.23. The number of carbonyl (C=O) groups is 3. The number of carbonyl (C=O) groups excluding carboxylic acids is 3. The lowest BCUT2D eigenvalue weighted by molar-refractivity contribution is -0.156. The first-order chi connectivity index (χ1) is 29.9. The minimum atomic E-state index is -4.16. The average molecular weight is 904 g/mol. The van der Waals surface area contributed by atoms with E-state index < -0.39 is 31.6 Å². The van der Waals surface area contributed by atoms with Crippen molar-refractivity contribution < 1.29 is 51.5 Å². The second kappa shape index (κ2) is 41.7. The van der Waals surface area contributed by atoms with Crippen molar-refractivity contribution in [3.8, 4) is 0 Å². The van der Waals surface area contributed by atoms with Crippen LogP contribution in [0.1, 0.15) is 228 Å². The zero-order valence-electron chi connectivity index (χ0n) is 40.6. The van der Waals surface area contributed by atoms with E-state index in [2.05, 4.69) is 32.7 Å². The molecule has 0 heterocycles. The van der Waals surface area contributed by atoms with E-state index in [1.165, 1.54) is 96.0 Å². The number of rotatable bonds is 45. The highest BCUT2D eigenvalue weighted by Gasteiger charge is 2.30. The van der Waals surface area contributed by atoms with Gasteiger partial charge in [-0.05, 0) is 46.5 Å². The molecule has 0 bridgehead atoms. The van der Waals surface area contributed by atoms with E-state index >= 15 is 0 Å². The first kappa shape index (κ1) is 60.0. The normalized spacial score (nSPS) is 13.6. The van der Waals surface area contributed by atoms with E-state index in [9.17, 15) is 18.9 Å². The smallest absolute Gasteiger partial charge is 0.462 e. The quantitative estimate of drug-likeness (QED) is 0.0205. The van der Waals surface area contributed by atoms with Crippen LogP contribution in [0.4, 0.5) is 4.79 Å². The summed E-state index contributed by atoms with van der Waals surface area (Å²) in [4.78, 5) is 38.0. The molecule has 0 aliphatic rings. The number of nitrogens with one attached hydrogen (secondary N) is 1. The number of alkyl carbamates (subject to hydrolysis) is 1. The van der Waals surface area contributed by atoms with E-state index in [1.54, 1.807) is 20.8 Å². The first-order valence-corrected chi connectivity index (χ1v) is 26.4. The predicted octanol–water partition coefficient (Wildman–Crippen LogP) is 14.1. The number of ether oxygens (including phenoxy) is 4. The van der Waals surface area contributed by atoms with Gasteiger partial charge >= 0.3 is 25.9 Å². The average Bonchev–Trinajstić information content (AvgIpc) is 3.22. The summed E-state index contributed by atoms with van der Waals surface area (Å²) in [7, 11) is -4.16.